The van der Waals surface area contributed by atoms with Crippen molar-refractivity contribution in [2.24, 2.45) is 0 Å². The van der Waals surface area contributed by atoms with Crippen molar-refractivity contribution in [1.29, 1.82) is 0 Å². The maximum absolute atomic E-state index is 12.1. The van der Waals surface area contributed by atoms with Gasteiger partial charge in [-0.05, 0) is 35.9 Å². The highest BCUT2D eigenvalue weighted by Gasteiger charge is 2.08. The molecule has 0 unspecified atom stereocenters. The number of amides is 1. The highest BCUT2D eigenvalue weighted by Crippen LogP contribution is 2.29. The number of benzene rings is 1. The Morgan fingerprint density at radius 3 is 2.96 bits per heavy atom. The van der Waals surface area contributed by atoms with Crippen LogP contribution in [0.25, 0.3) is 21.5 Å². The quantitative estimate of drug-likeness (QED) is 0.503. The number of nitrogens with zero attached hydrogens (tertiary/aromatic N) is 2. The Hall–Kier alpha value is -2.64. The Balaban J connectivity index is 1.32. The molecule has 5 nitrogen and oxygen atoms in total. The number of pyridine rings is 1. The van der Waals surface area contributed by atoms with Crippen molar-refractivity contribution in [2.45, 2.75) is 10.9 Å². The Kier molecular flexibility index (Phi) is 4.99. The van der Waals surface area contributed by atoms with Crippen LogP contribution >= 0.6 is 23.1 Å². The van der Waals surface area contributed by atoms with E-state index in [0.717, 1.165) is 31.4 Å². The molecule has 0 bridgehead atoms. The molecule has 4 rings (SSSR count). The van der Waals surface area contributed by atoms with Gasteiger partial charge in [0, 0.05) is 24.5 Å². The Bertz CT molecular complexity index is 995. The molecule has 0 saturated heterocycles. The lowest BCUT2D eigenvalue weighted by atomic mass is 10.1. The Morgan fingerprint density at radius 2 is 2.12 bits per heavy atom. The van der Waals surface area contributed by atoms with Crippen LogP contribution < -0.4 is 5.32 Å². The van der Waals surface area contributed by atoms with Crippen molar-refractivity contribution in [1.82, 2.24) is 15.3 Å². The third-order valence-corrected chi connectivity index (χ3v) is 5.87. The van der Waals surface area contributed by atoms with Gasteiger partial charge in [0.1, 0.15) is 5.76 Å². The van der Waals surface area contributed by atoms with Crippen molar-refractivity contribution in [3.05, 3.63) is 66.7 Å². The summed E-state index contributed by atoms with van der Waals surface area (Å²) < 4.78 is 7.42. The van der Waals surface area contributed by atoms with E-state index in [9.17, 15) is 4.79 Å². The first-order chi connectivity index (χ1) is 12.8. The van der Waals surface area contributed by atoms with Gasteiger partial charge in [0.2, 0.25) is 5.91 Å². The second-order valence-corrected chi connectivity index (χ2v) is 7.83. The summed E-state index contributed by atoms with van der Waals surface area (Å²) in [6, 6.07) is 13.7. The largest absolute Gasteiger partial charge is 0.464 e. The first-order valence-corrected chi connectivity index (χ1v) is 9.81. The number of carbonyl (C=O) groups is 1. The van der Waals surface area contributed by atoms with Crippen molar-refractivity contribution >= 4 is 39.2 Å². The molecule has 0 fully saturated rings. The summed E-state index contributed by atoms with van der Waals surface area (Å²) in [5.74, 6) is 1.07. The first kappa shape index (κ1) is 16.8. The van der Waals surface area contributed by atoms with E-state index >= 15 is 0 Å². The number of aromatic nitrogens is 2. The molecule has 26 heavy (non-hydrogen) atoms. The second-order valence-electron chi connectivity index (χ2n) is 5.57. The molecule has 0 aliphatic carbocycles. The number of nitrogens with one attached hydrogen (secondary N) is 1. The van der Waals surface area contributed by atoms with Gasteiger partial charge in [-0.1, -0.05) is 23.9 Å². The molecule has 1 amide bonds. The lowest BCUT2D eigenvalue weighted by Crippen LogP contribution is -2.24. The highest BCUT2D eigenvalue weighted by atomic mass is 32.2. The summed E-state index contributed by atoms with van der Waals surface area (Å²) in [5.41, 5.74) is 2.80. The van der Waals surface area contributed by atoms with Gasteiger partial charge in [0.25, 0.3) is 0 Å². The van der Waals surface area contributed by atoms with E-state index in [-0.39, 0.29) is 5.91 Å². The van der Waals surface area contributed by atoms with E-state index in [1.54, 1.807) is 30.0 Å². The van der Waals surface area contributed by atoms with Crippen LogP contribution in [0, 0.1) is 0 Å². The Morgan fingerprint density at radius 1 is 1.19 bits per heavy atom. The number of hydrogen-bond donors (Lipinski definition) is 1. The summed E-state index contributed by atoms with van der Waals surface area (Å²) in [4.78, 5) is 20.9. The maximum Gasteiger partial charge on any atom is 0.230 e. The van der Waals surface area contributed by atoms with Crippen LogP contribution in [0.5, 0.6) is 0 Å². The Labute approximate surface area is 158 Å². The fraction of sp³-hybridized carbons (Fsp3) is 0.105. The van der Waals surface area contributed by atoms with Crippen LogP contribution in [0.2, 0.25) is 0 Å². The zero-order chi connectivity index (χ0) is 17.8. The van der Waals surface area contributed by atoms with Crippen LogP contribution in [-0.2, 0) is 11.3 Å². The molecule has 3 aromatic heterocycles. The maximum atomic E-state index is 12.1. The molecular weight excluding hydrogens is 366 g/mol. The molecule has 0 saturated carbocycles. The minimum atomic E-state index is -0.0299. The predicted molar refractivity (Wildman–Crippen MR) is 104 cm³/mol. The van der Waals surface area contributed by atoms with E-state index in [4.69, 9.17) is 4.42 Å². The molecule has 4 aromatic rings. The summed E-state index contributed by atoms with van der Waals surface area (Å²) in [5, 5.41) is 2.92. The highest BCUT2D eigenvalue weighted by molar-refractivity contribution is 8.01. The summed E-state index contributed by atoms with van der Waals surface area (Å²) in [6.07, 6.45) is 5.11. The molecular formula is C19H15N3O2S2. The van der Waals surface area contributed by atoms with Gasteiger partial charge in [-0.25, -0.2) is 4.98 Å². The molecule has 0 aliphatic rings. The van der Waals surface area contributed by atoms with Crippen molar-refractivity contribution in [2.75, 3.05) is 5.75 Å². The molecule has 7 heteroatoms. The lowest BCUT2D eigenvalue weighted by molar-refractivity contribution is -0.118. The average Bonchev–Trinajstić information content (AvgIpc) is 3.34. The zero-order valence-electron chi connectivity index (χ0n) is 13.7. The van der Waals surface area contributed by atoms with Gasteiger partial charge in [-0.2, -0.15) is 0 Å². The second kappa shape index (κ2) is 7.72. The molecule has 0 aliphatic heterocycles. The average molecular weight is 381 g/mol. The van der Waals surface area contributed by atoms with E-state index < -0.39 is 0 Å². The SMILES string of the molecule is O=C(CSc1nc2ccccc2s1)NCc1cncc(-c2ccco2)c1. The van der Waals surface area contributed by atoms with E-state index in [1.807, 2.05) is 42.5 Å². The monoisotopic (exact) mass is 381 g/mol. The fourth-order valence-electron chi connectivity index (χ4n) is 2.45. The zero-order valence-corrected chi connectivity index (χ0v) is 15.3. The first-order valence-electron chi connectivity index (χ1n) is 8.01. The van der Waals surface area contributed by atoms with Crippen molar-refractivity contribution in [3.63, 3.8) is 0 Å². The van der Waals surface area contributed by atoms with E-state index in [0.29, 0.717) is 12.3 Å². The van der Waals surface area contributed by atoms with Gasteiger partial charge in [0.15, 0.2) is 4.34 Å². The summed E-state index contributed by atoms with van der Waals surface area (Å²) in [7, 11) is 0. The fourth-order valence-corrected chi connectivity index (χ4v) is 4.35. The number of furan rings is 1. The number of fused-ring (bicyclic) bond motifs is 1. The molecule has 0 radical (unpaired) electrons. The smallest absolute Gasteiger partial charge is 0.230 e. The van der Waals surface area contributed by atoms with Gasteiger partial charge >= 0.3 is 0 Å². The van der Waals surface area contributed by atoms with Crippen molar-refractivity contribution in [3.8, 4) is 11.3 Å². The normalized spacial score (nSPS) is 10.9. The number of thioether (sulfide) groups is 1. The van der Waals surface area contributed by atoms with Gasteiger partial charge < -0.3 is 9.73 Å². The molecule has 0 spiro atoms. The topological polar surface area (TPSA) is 68.0 Å². The minimum Gasteiger partial charge on any atom is -0.464 e. The van der Waals surface area contributed by atoms with Crippen LogP contribution in [-0.4, -0.2) is 21.6 Å². The number of thiazole rings is 1. The van der Waals surface area contributed by atoms with Crippen LogP contribution in [0.4, 0.5) is 0 Å². The van der Waals surface area contributed by atoms with Crippen LogP contribution in [0.1, 0.15) is 5.56 Å². The minimum absolute atomic E-state index is 0.0299. The van der Waals surface area contributed by atoms with E-state index in [1.165, 1.54) is 11.8 Å². The molecule has 130 valence electrons. The standard InChI is InChI=1S/C19H15N3O2S2/c23-18(12-25-19-22-15-4-1-2-6-17(15)26-19)21-10-13-8-14(11-20-9-13)16-5-3-7-24-16/h1-9,11H,10,12H2,(H,21,23). The van der Waals surface area contributed by atoms with Crippen LogP contribution in [0.3, 0.4) is 0 Å². The van der Waals surface area contributed by atoms with Gasteiger partial charge in [-0.3, -0.25) is 9.78 Å². The number of para-hydroxylation sites is 1. The van der Waals surface area contributed by atoms with Crippen molar-refractivity contribution < 1.29 is 9.21 Å². The van der Waals surface area contributed by atoms with Gasteiger partial charge in [-0.15, -0.1) is 11.3 Å². The summed E-state index contributed by atoms with van der Waals surface area (Å²) >= 11 is 3.06. The molecule has 1 N–H and O–H groups in total. The third-order valence-electron chi connectivity index (χ3n) is 3.69. The number of hydrogen-bond acceptors (Lipinski definition) is 6. The molecule has 1 aromatic carbocycles. The number of carbonyl (C=O) groups excluding carboxylic acids is 1. The van der Waals surface area contributed by atoms with E-state index in [2.05, 4.69) is 15.3 Å². The predicted octanol–water partition coefficient (Wildman–Crippen LogP) is 4.36. The third kappa shape index (κ3) is 3.95. The molecule has 3 heterocycles. The van der Waals surface area contributed by atoms with Gasteiger partial charge in [0.05, 0.1) is 22.2 Å². The lowest BCUT2D eigenvalue weighted by Gasteiger charge is -2.05. The van der Waals surface area contributed by atoms with Crippen LogP contribution in [0.15, 0.2) is 69.9 Å². The number of rotatable bonds is 6. The summed E-state index contributed by atoms with van der Waals surface area (Å²) in [6.45, 7) is 0.431. The molecule has 0 atom stereocenters.